The lowest BCUT2D eigenvalue weighted by atomic mass is 10.0. The van der Waals surface area contributed by atoms with E-state index in [4.69, 9.17) is 0 Å². The highest BCUT2D eigenvalue weighted by molar-refractivity contribution is 5.81. The van der Waals surface area contributed by atoms with Crippen LogP contribution in [0.25, 0.3) is 0 Å². The lowest BCUT2D eigenvalue weighted by Crippen LogP contribution is -2.51. The number of hydrogen-bond acceptors (Lipinski definition) is 3. The van der Waals surface area contributed by atoms with E-state index in [-0.39, 0.29) is 11.9 Å². The summed E-state index contributed by atoms with van der Waals surface area (Å²) in [5.41, 5.74) is 0. The Labute approximate surface area is 104 Å². The maximum absolute atomic E-state index is 12.0. The van der Waals surface area contributed by atoms with Gasteiger partial charge in [0.2, 0.25) is 5.91 Å². The quantitative estimate of drug-likeness (QED) is 0.763. The van der Waals surface area contributed by atoms with Gasteiger partial charge in [0.1, 0.15) is 0 Å². The maximum Gasteiger partial charge on any atom is 0.237 e. The van der Waals surface area contributed by atoms with Crippen LogP contribution in [-0.2, 0) is 4.79 Å². The van der Waals surface area contributed by atoms with E-state index in [1.807, 2.05) is 0 Å². The van der Waals surface area contributed by atoms with E-state index >= 15 is 0 Å². The van der Waals surface area contributed by atoms with E-state index in [0.29, 0.717) is 6.04 Å². The van der Waals surface area contributed by atoms with Crippen LogP contribution in [0.3, 0.4) is 0 Å². The molecule has 2 aliphatic heterocycles. The first-order valence-electron chi connectivity index (χ1n) is 6.98. The number of piperidine rings is 2. The lowest BCUT2D eigenvalue weighted by molar-refractivity contribution is -0.123. The molecular formula is C13H25N3O. The first-order valence-corrected chi connectivity index (χ1v) is 6.98. The summed E-state index contributed by atoms with van der Waals surface area (Å²) in [7, 11) is 2.16. The van der Waals surface area contributed by atoms with Gasteiger partial charge in [0.05, 0.1) is 6.04 Å². The van der Waals surface area contributed by atoms with Crippen LogP contribution in [0.2, 0.25) is 0 Å². The molecule has 98 valence electrons. The third-order valence-electron chi connectivity index (χ3n) is 4.06. The van der Waals surface area contributed by atoms with Crippen molar-refractivity contribution in [3.8, 4) is 0 Å². The molecule has 0 spiro atoms. The molecular weight excluding hydrogens is 214 g/mol. The van der Waals surface area contributed by atoms with Gasteiger partial charge in [-0.15, -0.1) is 0 Å². The average Bonchev–Trinajstić information content (AvgIpc) is 2.38. The van der Waals surface area contributed by atoms with E-state index < -0.39 is 0 Å². The molecule has 0 aromatic heterocycles. The SMILES string of the molecule is CN1CCCCC1CNC(=O)C1CCCCN1. The van der Waals surface area contributed by atoms with Gasteiger partial charge in [-0.3, -0.25) is 4.79 Å². The van der Waals surface area contributed by atoms with Crippen molar-refractivity contribution in [3.63, 3.8) is 0 Å². The summed E-state index contributed by atoms with van der Waals surface area (Å²) in [6.07, 6.45) is 7.18. The van der Waals surface area contributed by atoms with Gasteiger partial charge in [-0.1, -0.05) is 12.8 Å². The van der Waals surface area contributed by atoms with Crippen LogP contribution in [0.5, 0.6) is 0 Å². The third-order valence-corrected chi connectivity index (χ3v) is 4.06. The molecule has 4 nitrogen and oxygen atoms in total. The number of amides is 1. The molecule has 2 saturated heterocycles. The van der Waals surface area contributed by atoms with Crippen molar-refractivity contribution < 1.29 is 4.79 Å². The Morgan fingerprint density at radius 2 is 2.12 bits per heavy atom. The summed E-state index contributed by atoms with van der Waals surface area (Å²) in [6, 6.07) is 0.592. The van der Waals surface area contributed by atoms with Crippen LogP contribution in [0.1, 0.15) is 38.5 Å². The summed E-state index contributed by atoms with van der Waals surface area (Å²) in [5.74, 6) is 0.198. The number of likely N-dealkylation sites (N-methyl/N-ethyl adjacent to an activating group) is 1. The molecule has 0 aliphatic carbocycles. The summed E-state index contributed by atoms with van der Waals surface area (Å²) < 4.78 is 0. The molecule has 2 unspecified atom stereocenters. The van der Waals surface area contributed by atoms with E-state index in [0.717, 1.165) is 19.5 Å². The number of rotatable bonds is 3. The van der Waals surface area contributed by atoms with Crippen molar-refractivity contribution in [1.29, 1.82) is 0 Å². The van der Waals surface area contributed by atoms with Crippen molar-refractivity contribution >= 4 is 5.91 Å². The number of nitrogens with zero attached hydrogens (tertiary/aromatic N) is 1. The highest BCUT2D eigenvalue weighted by Crippen LogP contribution is 2.14. The van der Waals surface area contributed by atoms with Gasteiger partial charge in [0.25, 0.3) is 0 Å². The van der Waals surface area contributed by atoms with Crippen LogP contribution in [-0.4, -0.2) is 49.6 Å². The number of nitrogens with one attached hydrogen (secondary N) is 2. The predicted octanol–water partition coefficient (Wildman–Crippen LogP) is 0.729. The first kappa shape index (κ1) is 12.8. The second-order valence-electron chi connectivity index (χ2n) is 5.38. The fourth-order valence-electron chi connectivity index (χ4n) is 2.82. The van der Waals surface area contributed by atoms with Gasteiger partial charge >= 0.3 is 0 Å². The van der Waals surface area contributed by atoms with Crippen LogP contribution in [0.15, 0.2) is 0 Å². The largest absolute Gasteiger partial charge is 0.353 e. The Morgan fingerprint density at radius 3 is 2.82 bits per heavy atom. The van der Waals surface area contributed by atoms with Gasteiger partial charge in [-0.05, 0) is 45.8 Å². The number of likely N-dealkylation sites (tertiary alicyclic amines) is 1. The highest BCUT2D eigenvalue weighted by Gasteiger charge is 2.23. The predicted molar refractivity (Wildman–Crippen MR) is 68.9 cm³/mol. The Bertz CT molecular complexity index is 251. The monoisotopic (exact) mass is 239 g/mol. The van der Waals surface area contributed by atoms with Crippen LogP contribution in [0.4, 0.5) is 0 Å². The normalized spacial score (nSPS) is 31.1. The van der Waals surface area contributed by atoms with Crippen molar-refractivity contribution in [2.24, 2.45) is 0 Å². The molecule has 2 rings (SSSR count). The van der Waals surface area contributed by atoms with Crippen molar-refractivity contribution in [3.05, 3.63) is 0 Å². The van der Waals surface area contributed by atoms with Gasteiger partial charge in [0, 0.05) is 12.6 Å². The van der Waals surface area contributed by atoms with Crippen LogP contribution in [0, 0.1) is 0 Å². The van der Waals surface area contributed by atoms with Gasteiger partial charge in [-0.2, -0.15) is 0 Å². The zero-order valence-corrected chi connectivity index (χ0v) is 10.9. The van der Waals surface area contributed by atoms with Crippen molar-refractivity contribution in [1.82, 2.24) is 15.5 Å². The average molecular weight is 239 g/mol. The topological polar surface area (TPSA) is 44.4 Å². The minimum atomic E-state index is 0.0534. The number of hydrogen-bond donors (Lipinski definition) is 2. The minimum Gasteiger partial charge on any atom is -0.353 e. The molecule has 2 N–H and O–H groups in total. The summed E-state index contributed by atoms with van der Waals surface area (Å²) >= 11 is 0. The Kier molecular flexibility index (Phi) is 4.80. The van der Waals surface area contributed by atoms with Crippen LogP contribution < -0.4 is 10.6 Å². The Hall–Kier alpha value is -0.610. The molecule has 0 bridgehead atoms. The third kappa shape index (κ3) is 3.68. The van der Waals surface area contributed by atoms with E-state index in [1.165, 1.54) is 38.6 Å². The van der Waals surface area contributed by atoms with Gasteiger partial charge < -0.3 is 15.5 Å². The summed E-state index contributed by atoms with van der Waals surface area (Å²) in [4.78, 5) is 14.3. The standard InChI is InChI=1S/C13H25N3O/c1-16-9-5-3-6-11(16)10-15-13(17)12-7-2-4-8-14-12/h11-12,14H,2-10H2,1H3,(H,15,17). The van der Waals surface area contributed by atoms with Gasteiger partial charge in [0.15, 0.2) is 0 Å². The zero-order chi connectivity index (χ0) is 12.1. The van der Waals surface area contributed by atoms with Crippen molar-refractivity contribution in [2.75, 3.05) is 26.7 Å². The number of carbonyl (C=O) groups is 1. The number of carbonyl (C=O) groups excluding carboxylic acids is 1. The molecule has 2 heterocycles. The molecule has 4 heteroatoms. The van der Waals surface area contributed by atoms with Crippen LogP contribution >= 0.6 is 0 Å². The lowest BCUT2D eigenvalue weighted by Gasteiger charge is -2.33. The van der Waals surface area contributed by atoms with E-state index in [2.05, 4.69) is 22.6 Å². The molecule has 2 aliphatic rings. The molecule has 0 aromatic carbocycles. The molecule has 2 fully saturated rings. The first-order chi connectivity index (χ1) is 8.27. The van der Waals surface area contributed by atoms with E-state index in [1.54, 1.807) is 0 Å². The smallest absolute Gasteiger partial charge is 0.237 e. The second-order valence-corrected chi connectivity index (χ2v) is 5.38. The maximum atomic E-state index is 12.0. The Morgan fingerprint density at radius 1 is 1.29 bits per heavy atom. The molecule has 2 atom stereocenters. The molecule has 0 radical (unpaired) electrons. The fourth-order valence-corrected chi connectivity index (χ4v) is 2.82. The Balaban J connectivity index is 1.71. The molecule has 0 saturated carbocycles. The molecule has 0 aromatic rings. The van der Waals surface area contributed by atoms with Gasteiger partial charge in [-0.25, -0.2) is 0 Å². The summed E-state index contributed by atoms with van der Waals surface area (Å²) in [6.45, 7) is 2.97. The highest BCUT2D eigenvalue weighted by atomic mass is 16.2. The fraction of sp³-hybridized carbons (Fsp3) is 0.923. The molecule has 17 heavy (non-hydrogen) atoms. The zero-order valence-electron chi connectivity index (χ0n) is 10.9. The second kappa shape index (κ2) is 6.36. The van der Waals surface area contributed by atoms with E-state index in [9.17, 15) is 4.79 Å². The minimum absolute atomic E-state index is 0.0534. The van der Waals surface area contributed by atoms with Crippen molar-refractivity contribution in [2.45, 2.75) is 50.6 Å². The summed E-state index contributed by atoms with van der Waals surface area (Å²) in [5, 5.41) is 6.40. The molecule has 1 amide bonds.